The van der Waals surface area contributed by atoms with Gasteiger partial charge in [0, 0.05) is 16.8 Å². The summed E-state index contributed by atoms with van der Waals surface area (Å²) in [6.45, 7) is 1.51. The molecule has 5 N–H and O–H groups in total. The van der Waals surface area contributed by atoms with Gasteiger partial charge >= 0.3 is 0 Å². The van der Waals surface area contributed by atoms with E-state index >= 15 is 0 Å². The number of amides is 1. The van der Waals surface area contributed by atoms with Crippen molar-refractivity contribution in [3.05, 3.63) is 120 Å². The zero-order valence-electron chi connectivity index (χ0n) is 20.4. The third-order valence-electron chi connectivity index (χ3n) is 5.80. The lowest BCUT2D eigenvalue weighted by atomic mass is 10.0. The number of halogens is 1. The molecule has 0 radical (unpaired) electrons. The van der Waals surface area contributed by atoms with Crippen LogP contribution in [0.5, 0.6) is 0 Å². The summed E-state index contributed by atoms with van der Waals surface area (Å²) in [5.41, 5.74) is 9.49. The van der Waals surface area contributed by atoms with Crippen LogP contribution in [-0.2, 0) is 14.8 Å². The third kappa shape index (κ3) is 6.20. The first-order valence-electron chi connectivity index (χ1n) is 11.5. The van der Waals surface area contributed by atoms with Crippen molar-refractivity contribution in [3.63, 3.8) is 0 Å². The lowest BCUT2D eigenvalue weighted by Crippen LogP contribution is -2.14. The highest BCUT2D eigenvalue weighted by Crippen LogP contribution is 2.28. The summed E-state index contributed by atoms with van der Waals surface area (Å²) in [6, 6.07) is 28.7. The van der Waals surface area contributed by atoms with E-state index in [4.69, 9.17) is 10.9 Å². The maximum atomic E-state index is 15.0. The molecule has 0 unspecified atom stereocenters. The van der Waals surface area contributed by atoms with Crippen LogP contribution in [0.4, 0.5) is 15.8 Å². The average Bonchev–Trinajstić information content (AvgIpc) is 2.93. The van der Waals surface area contributed by atoms with E-state index in [1.807, 2.05) is 30.3 Å². The van der Waals surface area contributed by atoms with Crippen LogP contribution in [0.25, 0.3) is 16.7 Å². The molecular formula is C29H25FN4O3S. The van der Waals surface area contributed by atoms with Gasteiger partial charge in [0.05, 0.1) is 10.6 Å². The maximum absolute atomic E-state index is 15.0. The minimum absolute atomic E-state index is 0.0134. The average molecular weight is 529 g/mol. The molecule has 9 heteroatoms. The molecule has 0 atom stereocenters. The summed E-state index contributed by atoms with van der Waals surface area (Å²) in [7, 11) is -3.92. The molecule has 0 bridgehead atoms. The van der Waals surface area contributed by atoms with E-state index in [0.717, 1.165) is 5.69 Å². The number of nitrogens with zero attached hydrogens (tertiary/aromatic N) is 1. The van der Waals surface area contributed by atoms with Gasteiger partial charge in [0.25, 0.3) is 5.91 Å². The predicted octanol–water partition coefficient (Wildman–Crippen LogP) is 5.38. The molecule has 0 aliphatic carbocycles. The number of allylic oxidation sites excluding steroid dienone is 1. The van der Waals surface area contributed by atoms with Crippen LogP contribution in [0, 0.1) is 0 Å². The molecule has 0 spiro atoms. The number of carbonyl (C=O) groups is 1. The Morgan fingerprint density at radius 2 is 1.39 bits per heavy atom. The second kappa shape index (κ2) is 11.2. The van der Waals surface area contributed by atoms with Crippen LogP contribution in [0.15, 0.2) is 119 Å². The number of hydrogen-bond donors (Lipinski definition) is 3. The Labute approximate surface area is 220 Å². The summed E-state index contributed by atoms with van der Waals surface area (Å²) in [5.74, 6) is -1.53. The fraction of sp³-hybridized carbons (Fsp3) is 0.0345. The quantitative estimate of drug-likeness (QED) is 0.169. The largest absolute Gasteiger partial charge is 0.383 e. The van der Waals surface area contributed by atoms with E-state index < -0.39 is 21.8 Å². The summed E-state index contributed by atoms with van der Waals surface area (Å²) < 4.78 is 38.7. The molecule has 0 heterocycles. The van der Waals surface area contributed by atoms with Crippen molar-refractivity contribution in [3.8, 4) is 11.1 Å². The summed E-state index contributed by atoms with van der Waals surface area (Å²) in [6.07, 6.45) is 0. The lowest BCUT2D eigenvalue weighted by molar-refractivity contribution is -0.114. The minimum Gasteiger partial charge on any atom is -0.383 e. The Morgan fingerprint density at radius 1 is 0.816 bits per heavy atom. The van der Waals surface area contributed by atoms with E-state index in [1.165, 1.54) is 13.0 Å². The van der Waals surface area contributed by atoms with Gasteiger partial charge in [-0.05, 0) is 54.0 Å². The molecule has 38 heavy (non-hydrogen) atoms. The molecule has 0 saturated carbocycles. The number of aliphatic imine (C=N–C) groups is 1. The summed E-state index contributed by atoms with van der Waals surface area (Å²) in [4.78, 5) is 16.9. The smallest absolute Gasteiger partial charge is 0.284 e. The molecule has 4 aromatic carbocycles. The number of amidine groups is 1. The summed E-state index contributed by atoms with van der Waals surface area (Å²) >= 11 is 0. The van der Waals surface area contributed by atoms with Crippen molar-refractivity contribution < 1.29 is 17.6 Å². The first kappa shape index (κ1) is 26.5. The van der Waals surface area contributed by atoms with Crippen LogP contribution < -0.4 is 16.2 Å². The van der Waals surface area contributed by atoms with Crippen LogP contribution >= 0.6 is 0 Å². The molecule has 1 amide bonds. The lowest BCUT2D eigenvalue weighted by Gasteiger charge is -2.10. The fourth-order valence-electron chi connectivity index (χ4n) is 3.77. The molecule has 0 aliphatic heterocycles. The molecule has 7 nitrogen and oxygen atoms in total. The Bertz CT molecular complexity index is 1630. The van der Waals surface area contributed by atoms with Crippen molar-refractivity contribution in [2.75, 3.05) is 5.32 Å². The first-order valence-corrected chi connectivity index (χ1v) is 13.1. The van der Waals surface area contributed by atoms with E-state index in [1.54, 1.807) is 66.7 Å². The highest BCUT2D eigenvalue weighted by molar-refractivity contribution is 7.89. The standard InChI is InChI=1S/C29H25FN4O3S/c1-19(20-11-13-22(14-12-20)28(31)33-23-7-3-2-4-8-23)27(30)29(35)34-24-17-15-21(16-18-24)25-9-5-6-10-26(25)38(32,36)37/h2-18H,1H3,(H2,31,33)(H,34,35)(H2,32,36,37)/b27-19+. The first-order chi connectivity index (χ1) is 18.1. The molecule has 4 aromatic rings. The second-order valence-corrected chi connectivity index (χ2v) is 9.95. The highest BCUT2D eigenvalue weighted by Gasteiger charge is 2.16. The monoisotopic (exact) mass is 528 g/mol. The zero-order valence-corrected chi connectivity index (χ0v) is 21.2. The number of para-hydroxylation sites is 1. The van der Waals surface area contributed by atoms with Crippen LogP contribution in [0.2, 0.25) is 0 Å². The number of benzene rings is 4. The van der Waals surface area contributed by atoms with E-state index in [9.17, 15) is 17.6 Å². The van der Waals surface area contributed by atoms with E-state index in [2.05, 4.69) is 10.3 Å². The van der Waals surface area contributed by atoms with Gasteiger partial charge in [-0.1, -0.05) is 72.8 Å². The van der Waals surface area contributed by atoms with E-state index in [-0.39, 0.29) is 10.5 Å². The summed E-state index contributed by atoms with van der Waals surface area (Å²) in [5, 5.41) is 7.83. The fourth-order valence-corrected chi connectivity index (χ4v) is 4.53. The SMILES string of the molecule is C/C(=C(\F)C(=O)Nc1ccc(-c2ccccc2S(N)(=O)=O)cc1)c1ccc(C(N)=Nc2ccccc2)cc1. The van der Waals surface area contributed by atoms with Crippen molar-refractivity contribution >= 4 is 38.7 Å². The molecule has 192 valence electrons. The molecule has 4 rings (SSSR count). The van der Waals surface area contributed by atoms with Crippen molar-refractivity contribution in [1.29, 1.82) is 0 Å². The van der Waals surface area contributed by atoms with Gasteiger partial charge in [-0.25, -0.2) is 22.9 Å². The maximum Gasteiger partial charge on any atom is 0.284 e. The number of hydrogen-bond acceptors (Lipinski definition) is 4. The number of carbonyl (C=O) groups excluding carboxylic acids is 1. The van der Waals surface area contributed by atoms with Gasteiger partial charge in [-0.15, -0.1) is 0 Å². The van der Waals surface area contributed by atoms with E-state index in [0.29, 0.717) is 33.8 Å². The number of anilines is 1. The van der Waals surface area contributed by atoms with Gasteiger partial charge in [0.15, 0.2) is 5.83 Å². The van der Waals surface area contributed by atoms with Crippen molar-refractivity contribution in [1.82, 2.24) is 0 Å². The Hall–Kier alpha value is -4.60. The van der Waals surface area contributed by atoms with Crippen molar-refractivity contribution in [2.24, 2.45) is 15.9 Å². The molecular weight excluding hydrogens is 503 g/mol. The minimum atomic E-state index is -3.92. The molecule has 0 saturated heterocycles. The van der Waals surface area contributed by atoms with Crippen LogP contribution in [-0.4, -0.2) is 20.2 Å². The van der Waals surface area contributed by atoms with Gasteiger partial charge in [-0.2, -0.15) is 0 Å². The van der Waals surface area contributed by atoms with Gasteiger partial charge in [0.1, 0.15) is 5.84 Å². The Balaban J connectivity index is 1.48. The molecule has 0 aliphatic rings. The molecule has 0 fully saturated rings. The van der Waals surface area contributed by atoms with Crippen LogP contribution in [0.3, 0.4) is 0 Å². The molecule has 0 aromatic heterocycles. The highest BCUT2D eigenvalue weighted by atomic mass is 32.2. The van der Waals surface area contributed by atoms with Gasteiger partial charge in [-0.3, -0.25) is 4.79 Å². The van der Waals surface area contributed by atoms with Crippen molar-refractivity contribution in [2.45, 2.75) is 11.8 Å². The number of rotatable bonds is 7. The number of primary sulfonamides is 1. The van der Waals surface area contributed by atoms with Gasteiger partial charge in [0.2, 0.25) is 10.0 Å². The van der Waals surface area contributed by atoms with Crippen LogP contribution in [0.1, 0.15) is 18.1 Å². The third-order valence-corrected chi connectivity index (χ3v) is 6.76. The number of nitrogens with two attached hydrogens (primary N) is 2. The second-order valence-electron chi connectivity index (χ2n) is 8.42. The number of sulfonamides is 1. The normalized spacial score (nSPS) is 12.6. The zero-order chi connectivity index (χ0) is 27.3. The number of nitrogens with one attached hydrogen (secondary N) is 1. The van der Waals surface area contributed by atoms with Gasteiger partial charge < -0.3 is 11.1 Å². The Morgan fingerprint density at radius 3 is 2.03 bits per heavy atom. The Kier molecular flexibility index (Phi) is 7.80. The topological polar surface area (TPSA) is 128 Å². The predicted molar refractivity (Wildman–Crippen MR) is 149 cm³/mol.